The van der Waals surface area contributed by atoms with E-state index in [1.54, 1.807) is 13.8 Å². The number of primary amides is 1. The number of ether oxygens (including phenoxy) is 1. The van der Waals surface area contributed by atoms with Crippen molar-refractivity contribution in [2.45, 2.75) is 26.9 Å². The molecule has 1 aromatic carbocycles. The maximum absolute atomic E-state index is 14.7. The average Bonchev–Trinajstić information content (AvgIpc) is 2.70. The Labute approximate surface area is 185 Å². The van der Waals surface area contributed by atoms with Crippen molar-refractivity contribution in [2.24, 2.45) is 11.1 Å². The summed E-state index contributed by atoms with van der Waals surface area (Å²) in [5, 5.41) is -0.0292. The molecule has 2 aromatic heterocycles. The molecule has 1 amide bonds. The van der Waals surface area contributed by atoms with Gasteiger partial charge in [0.1, 0.15) is 11.6 Å². The second-order valence-electron chi connectivity index (χ2n) is 7.56. The summed E-state index contributed by atoms with van der Waals surface area (Å²) in [6.45, 7) is 0.225. The molecule has 0 aliphatic rings. The molecule has 7 nitrogen and oxygen atoms in total. The number of hydrogen-bond donors (Lipinski definition) is 2. The first-order valence-corrected chi connectivity index (χ1v) is 9.65. The molecule has 0 unspecified atom stereocenters. The minimum absolute atomic E-state index is 0.0292. The lowest BCUT2D eigenvalue weighted by atomic mass is 9.84. The van der Waals surface area contributed by atoms with Crippen LogP contribution in [0.4, 0.5) is 13.2 Å². The normalized spacial score (nSPS) is 11.6. The highest BCUT2D eigenvalue weighted by atomic mass is 35.5. The van der Waals surface area contributed by atoms with E-state index in [0.29, 0.717) is 11.1 Å². The van der Waals surface area contributed by atoms with Crippen LogP contribution < -0.4 is 16.0 Å². The second kappa shape index (κ2) is 8.99. The SMILES string of the molecule is CC(C)(Cc1ccc(F)c(-c2nc(-c3ccc(OC(F)F)nc3)cc(=O)[nH]2)c1Cl)C(N)=O. The van der Waals surface area contributed by atoms with Gasteiger partial charge in [0.2, 0.25) is 11.8 Å². The Kier molecular flexibility index (Phi) is 6.54. The molecule has 0 spiro atoms. The van der Waals surface area contributed by atoms with Crippen LogP contribution in [0, 0.1) is 11.2 Å². The third-order valence-corrected chi connectivity index (χ3v) is 5.12. The Hall–Kier alpha value is -3.40. The van der Waals surface area contributed by atoms with Crippen LogP contribution in [0.3, 0.4) is 0 Å². The van der Waals surface area contributed by atoms with E-state index in [1.165, 1.54) is 24.4 Å². The Morgan fingerprint density at radius 1 is 1.28 bits per heavy atom. The van der Waals surface area contributed by atoms with Crippen molar-refractivity contribution in [3.63, 3.8) is 0 Å². The molecule has 0 aliphatic carbocycles. The lowest BCUT2D eigenvalue weighted by Gasteiger charge is -2.22. The lowest BCUT2D eigenvalue weighted by Crippen LogP contribution is -2.33. The molecule has 3 aromatic rings. The monoisotopic (exact) mass is 466 g/mol. The van der Waals surface area contributed by atoms with Crippen molar-refractivity contribution >= 4 is 17.5 Å². The Bertz CT molecular complexity index is 1210. The number of halogens is 4. The molecule has 2 heterocycles. The molecule has 0 bridgehead atoms. The van der Waals surface area contributed by atoms with E-state index in [2.05, 4.69) is 19.7 Å². The van der Waals surface area contributed by atoms with Crippen molar-refractivity contribution in [2.75, 3.05) is 0 Å². The van der Waals surface area contributed by atoms with Crippen LogP contribution in [-0.4, -0.2) is 27.5 Å². The van der Waals surface area contributed by atoms with E-state index >= 15 is 0 Å². The smallest absolute Gasteiger partial charge is 0.388 e. The van der Waals surface area contributed by atoms with Gasteiger partial charge < -0.3 is 15.5 Å². The molecule has 11 heteroatoms. The van der Waals surface area contributed by atoms with E-state index in [-0.39, 0.29) is 34.4 Å². The zero-order valence-electron chi connectivity index (χ0n) is 17.0. The lowest BCUT2D eigenvalue weighted by molar-refractivity contribution is -0.125. The third-order valence-electron chi connectivity index (χ3n) is 4.69. The number of carbonyl (C=O) groups excluding carboxylic acids is 1. The van der Waals surface area contributed by atoms with Gasteiger partial charge in [0.05, 0.1) is 16.3 Å². The number of hydrogen-bond acceptors (Lipinski definition) is 5. The average molecular weight is 467 g/mol. The van der Waals surface area contributed by atoms with Crippen LogP contribution in [0.25, 0.3) is 22.6 Å². The predicted molar refractivity (Wildman–Crippen MR) is 112 cm³/mol. The summed E-state index contributed by atoms with van der Waals surface area (Å²) >= 11 is 6.43. The molecule has 3 rings (SSSR count). The van der Waals surface area contributed by atoms with Crippen LogP contribution in [0.1, 0.15) is 19.4 Å². The van der Waals surface area contributed by atoms with Crippen molar-refractivity contribution in [3.8, 4) is 28.5 Å². The van der Waals surface area contributed by atoms with Crippen molar-refractivity contribution in [1.82, 2.24) is 15.0 Å². The van der Waals surface area contributed by atoms with Gasteiger partial charge in [-0.3, -0.25) is 9.59 Å². The third kappa shape index (κ3) is 5.08. The summed E-state index contributed by atoms with van der Waals surface area (Å²) in [7, 11) is 0. The molecule has 0 radical (unpaired) electrons. The molecule has 0 fully saturated rings. The number of benzene rings is 1. The molecule has 3 N–H and O–H groups in total. The number of aromatic amines is 1. The van der Waals surface area contributed by atoms with Crippen molar-refractivity contribution < 1.29 is 22.7 Å². The van der Waals surface area contributed by atoms with E-state index in [4.69, 9.17) is 17.3 Å². The minimum Gasteiger partial charge on any atom is -0.417 e. The number of pyridine rings is 1. The number of amides is 1. The highest BCUT2D eigenvalue weighted by Crippen LogP contribution is 2.35. The van der Waals surface area contributed by atoms with Crippen molar-refractivity contribution in [1.29, 1.82) is 0 Å². The number of alkyl halides is 2. The van der Waals surface area contributed by atoms with Gasteiger partial charge in [-0.05, 0) is 24.1 Å². The fourth-order valence-electron chi connectivity index (χ4n) is 2.93. The Morgan fingerprint density at radius 2 is 2.00 bits per heavy atom. The molecule has 0 saturated heterocycles. The number of nitrogens with one attached hydrogen (secondary N) is 1. The van der Waals surface area contributed by atoms with Crippen molar-refractivity contribution in [3.05, 3.63) is 63.3 Å². The fraction of sp³-hybridized carbons (Fsp3) is 0.238. The number of aromatic nitrogens is 3. The van der Waals surface area contributed by atoms with E-state index in [9.17, 15) is 22.8 Å². The molecule has 0 atom stereocenters. The first-order chi connectivity index (χ1) is 15.0. The van der Waals surface area contributed by atoms with Crippen LogP contribution in [0.15, 0.2) is 41.3 Å². The number of carbonyl (C=O) groups is 1. The topological polar surface area (TPSA) is 111 Å². The molecule has 0 aliphatic heterocycles. The largest absolute Gasteiger partial charge is 0.417 e. The highest BCUT2D eigenvalue weighted by Gasteiger charge is 2.28. The summed E-state index contributed by atoms with van der Waals surface area (Å²) in [5.41, 5.74) is 4.56. The van der Waals surface area contributed by atoms with E-state index in [1.807, 2.05) is 0 Å². The molecular weight excluding hydrogens is 449 g/mol. The summed E-state index contributed by atoms with van der Waals surface area (Å²) in [6, 6.07) is 6.28. The molecular formula is C21H18ClF3N4O3. The molecule has 0 saturated carbocycles. The maximum Gasteiger partial charge on any atom is 0.388 e. The maximum atomic E-state index is 14.7. The summed E-state index contributed by atoms with van der Waals surface area (Å²) < 4.78 is 43.5. The van der Waals surface area contributed by atoms with Gasteiger partial charge in [0.25, 0.3) is 5.56 Å². The fourth-order valence-corrected chi connectivity index (χ4v) is 3.24. The van der Waals surface area contributed by atoms with Gasteiger partial charge in [-0.15, -0.1) is 0 Å². The Balaban J connectivity index is 2.06. The Morgan fingerprint density at radius 3 is 2.59 bits per heavy atom. The van der Waals surface area contributed by atoms with Gasteiger partial charge >= 0.3 is 6.61 Å². The standard InChI is InChI=1S/C21H18ClF3N4O3/c1-21(2,19(26)31)8-10-3-5-12(23)16(17(10)22)18-28-13(7-14(30)29-18)11-4-6-15(27-9-11)32-20(24)25/h3-7,9,20H,8H2,1-2H3,(H2,26,31)(H,28,29,30). The van der Waals surface area contributed by atoms with Crippen LogP contribution >= 0.6 is 11.6 Å². The predicted octanol–water partition coefficient (Wildman–Crippen LogP) is 3.95. The summed E-state index contributed by atoms with van der Waals surface area (Å²) in [6.07, 6.45) is 1.32. The zero-order valence-corrected chi connectivity index (χ0v) is 17.7. The highest BCUT2D eigenvalue weighted by molar-refractivity contribution is 6.34. The van der Waals surface area contributed by atoms with Crippen LogP contribution in [0.5, 0.6) is 5.88 Å². The van der Waals surface area contributed by atoms with E-state index < -0.39 is 29.3 Å². The molecule has 168 valence electrons. The molecule has 32 heavy (non-hydrogen) atoms. The zero-order chi connectivity index (χ0) is 23.6. The van der Waals surface area contributed by atoms with Gasteiger partial charge in [-0.2, -0.15) is 8.78 Å². The van der Waals surface area contributed by atoms with Gasteiger partial charge in [0.15, 0.2) is 0 Å². The number of nitrogens with two attached hydrogens (primary N) is 1. The van der Waals surface area contributed by atoms with Gasteiger partial charge in [0, 0.05) is 29.3 Å². The number of nitrogens with zero attached hydrogens (tertiary/aromatic N) is 2. The van der Waals surface area contributed by atoms with Crippen LogP contribution in [0.2, 0.25) is 5.02 Å². The summed E-state index contributed by atoms with van der Waals surface area (Å²) in [5.74, 6) is -1.76. The number of H-pyrrole nitrogens is 1. The van der Waals surface area contributed by atoms with E-state index in [0.717, 1.165) is 12.1 Å². The van der Waals surface area contributed by atoms with Gasteiger partial charge in [-0.1, -0.05) is 31.5 Å². The number of rotatable bonds is 7. The quantitative estimate of drug-likeness (QED) is 0.547. The summed E-state index contributed by atoms with van der Waals surface area (Å²) in [4.78, 5) is 34.3. The first kappa shape index (κ1) is 23.3. The second-order valence-corrected chi connectivity index (χ2v) is 7.94. The first-order valence-electron chi connectivity index (χ1n) is 9.27. The minimum atomic E-state index is -3.03. The van der Waals surface area contributed by atoms with Gasteiger partial charge in [-0.25, -0.2) is 14.4 Å². The van der Waals surface area contributed by atoms with Crippen LogP contribution in [-0.2, 0) is 11.2 Å².